The summed E-state index contributed by atoms with van der Waals surface area (Å²) < 4.78 is 0. The van der Waals surface area contributed by atoms with Gasteiger partial charge in [0.1, 0.15) is 0 Å². The zero-order chi connectivity index (χ0) is 16.3. The van der Waals surface area contributed by atoms with Crippen LogP contribution >= 0.6 is 0 Å². The second kappa shape index (κ2) is 6.81. The fraction of sp³-hybridized carbons (Fsp3) is 0.529. The van der Waals surface area contributed by atoms with Crippen LogP contribution in [0.3, 0.4) is 0 Å². The predicted molar refractivity (Wildman–Crippen MR) is 88.1 cm³/mol. The minimum Gasteiger partial charge on any atom is -0.378 e. The summed E-state index contributed by atoms with van der Waals surface area (Å²) >= 11 is 0. The Morgan fingerprint density at radius 1 is 0.955 bits per heavy atom. The van der Waals surface area contributed by atoms with Crippen LogP contribution in [0.25, 0.3) is 0 Å². The maximum Gasteiger partial charge on any atom is 0.253 e. The van der Waals surface area contributed by atoms with Gasteiger partial charge in [0.25, 0.3) is 5.91 Å². The minimum absolute atomic E-state index is 0.0147. The first-order valence-electron chi connectivity index (χ1n) is 7.75. The number of hydrogen-bond donors (Lipinski definition) is 0. The van der Waals surface area contributed by atoms with E-state index < -0.39 is 0 Å². The Morgan fingerprint density at radius 2 is 1.45 bits per heavy atom. The molecule has 0 aliphatic carbocycles. The van der Waals surface area contributed by atoms with Crippen molar-refractivity contribution in [3.63, 3.8) is 0 Å². The first kappa shape index (κ1) is 16.3. The summed E-state index contributed by atoms with van der Waals surface area (Å²) in [6, 6.07) is 7.63. The van der Waals surface area contributed by atoms with E-state index in [1.54, 1.807) is 0 Å². The number of benzene rings is 1. The molecule has 0 atom stereocenters. The fourth-order valence-electron chi connectivity index (χ4n) is 2.58. The molecule has 1 aromatic rings. The Kier molecular flexibility index (Phi) is 5.06. The highest BCUT2D eigenvalue weighted by Crippen LogP contribution is 2.15. The van der Waals surface area contributed by atoms with Gasteiger partial charge in [-0.05, 0) is 24.3 Å². The van der Waals surface area contributed by atoms with E-state index in [4.69, 9.17) is 0 Å². The zero-order valence-electron chi connectivity index (χ0n) is 13.9. The fourth-order valence-corrected chi connectivity index (χ4v) is 2.58. The van der Waals surface area contributed by atoms with Crippen LogP contribution in [0.4, 0.5) is 5.69 Å². The Hall–Kier alpha value is -2.04. The zero-order valence-corrected chi connectivity index (χ0v) is 13.9. The molecule has 0 unspecified atom stereocenters. The quantitative estimate of drug-likeness (QED) is 0.853. The first-order valence-corrected chi connectivity index (χ1v) is 7.75. The van der Waals surface area contributed by atoms with E-state index in [-0.39, 0.29) is 17.7 Å². The molecule has 1 aromatic carbocycles. The Bertz CT molecular complexity index is 529. The van der Waals surface area contributed by atoms with Crippen LogP contribution in [0.1, 0.15) is 24.2 Å². The molecular weight excluding hydrogens is 278 g/mol. The topological polar surface area (TPSA) is 43.9 Å². The van der Waals surface area contributed by atoms with Gasteiger partial charge in [-0.15, -0.1) is 0 Å². The smallest absolute Gasteiger partial charge is 0.253 e. The van der Waals surface area contributed by atoms with Crippen LogP contribution in [0.2, 0.25) is 0 Å². The average Bonchev–Trinajstić information content (AvgIpc) is 2.53. The molecule has 1 heterocycles. The Balaban J connectivity index is 1.96. The van der Waals surface area contributed by atoms with Crippen LogP contribution in [0.15, 0.2) is 24.3 Å². The largest absolute Gasteiger partial charge is 0.378 e. The molecule has 1 fully saturated rings. The third kappa shape index (κ3) is 3.59. The van der Waals surface area contributed by atoms with Gasteiger partial charge in [0.15, 0.2) is 0 Å². The lowest BCUT2D eigenvalue weighted by molar-refractivity contribution is -0.135. The molecule has 0 bridgehead atoms. The summed E-state index contributed by atoms with van der Waals surface area (Å²) in [5.41, 5.74) is 1.78. The van der Waals surface area contributed by atoms with E-state index in [1.807, 2.05) is 66.9 Å². The van der Waals surface area contributed by atoms with E-state index >= 15 is 0 Å². The summed E-state index contributed by atoms with van der Waals surface area (Å²) in [5.74, 6) is 0.227. The summed E-state index contributed by atoms with van der Waals surface area (Å²) in [7, 11) is 3.95. The molecule has 5 heteroatoms. The van der Waals surface area contributed by atoms with Gasteiger partial charge in [-0.25, -0.2) is 0 Å². The number of carbonyl (C=O) groups is 2. The van der Waals surface area contributed by atoms with Gasteiger partial charge in [-0.1, -0.05) is 13.8 Å². The van der Waals surface area contributed by atoms with Gasteiger partial charge in [0, 0.05) is 57.4 Å². The standard InChI is InChI=1S/C17H25N3O2/c1-13(2)16(21)19-9-11-20(12-10-19)17(22)14-5-7-15(8-6-14)18(3)4/h5-8,13H,9-12H2,1-4H3. The summed E-state index contributed by atoms with van der Waals surface area (Å²) in [5, 5.41) is 0. The van der Waals surface area contributed by atoms with Crippen molar-refractivity contribution in [1.82, 2.24) is 9.80 Å². The normalized spacial score (nSPS) is 15.1. The van der Waals surface area contributed by atoms with E-state index in [9.17, 15) is 9.59 Å². The van der Waals surface area contributed by atoms with Crippen molar-refractivity contribution in [2.24, 2.45) is 5.92 Å². The number of nitrogens with zero attached hydrogens (tertiary/aromatic N) is 3. The highest BCUT2D eigenvalue weighted by molar-refractivity contribution is 5.94. The number of hydrogen-bond acceptors (Lipinski definition) is 3. The molecule has 22 heavy (non-hydrogen) atoms. The number of amides is 2. The van der Waals surface area contributed by atoms with Gasteiger partial charge in [0.05, 0.1) is 0 Å². The summed E-state index contributed by atoms with van der Waals surface area (Å²) in [6.45, 7) is 6.27. The van der Waals surface area contributed by atoms with Gasteiger partial charge in [-0.3, -0.25) is 9.59 Å². The van der Waals surface area contributed by atoms with Crippen LogP contribution in [-0.2, 0) is 4.79 Å². The van der Waals surface area contributed by atoms with Crippen molar-refractivity contribution in [1.29, 1.82) is 0 Å². The molecule has 0 aromatic heterocycles. The highest BCUT2D eigenvalue weighted by Gasteiger charge is 2.25. The maximum absolute atomic E-state index is 12.5. The summed E-state index contributed by atoms with van der Waals surface area (Å²) in [4.78, 5) is 30.1. The van der Waals surface area contributed by atoms with E-state index in [0.717, 1.165) is 5.69 Å². The molecule has 0 spiro atoms. The van der Waals surface area contributed by atoms with E-state index in [1.165, 1.54) is 0 Å². The molecule has 1 aliphatic heterocycles. The first-order chi connectivity index (χ1) is 10.4. The lowest BCUT2D eigenvalue weighted by Crippen LogP contribution is -2.51. The van der Waals surface area contributed by atoms with Crippen LogP contribution in [-0.4, -0.2) is 61.9 Å². The lowest BCUT2D eigenvalue weighted by atomic mass is 10.1. The third-order valence-electron chi connectivity index (χ3n) is 4.00. The van der Waals surface area contributed by atoms with Crippen molar-refractivity contribution in [3.05, 3.63) is 29.8 Å². The van der Waals surface area contributed by atoms with Crippen LogP contribution in [0.5, 0.6) is 0 Å². The molecule has 2 amide bonds. The molecule has 1 aliphatic rings. The summed E-state index contributed by atoms with van der Waals surface area (Å²) in [6.07, 6.45) is 0. The van der Waals surface area contributed by atoms with Gasteiger partial charge in [0.2, 0.25) is 5.91 Å². The van der Waals surface area contributed by atoms with Gasteiger partial charge in [-0.2, -0.15) is 0 Å². The van der Waals surface area contributed by atoms with Gasteiger partial charge >= 0.3 is 0 Å². The second-order valence-electron chi connectivity index (χ2n) is 6.21. The molecule has 0 N–H and O–H groups in total. The molecule has 1 saturated heterocycles. The molecule has 2 rings (SSSR count). The number of carbonyl (C=O) groups excluding carboxylic acids is 2. The number of piperazine rings is 1. The van der Waals surface area contributed by atoms with Crippen molar-refractivity contribution in [3.8, 4) is 0 Å². The second-order valence-corrected chi connectivity index (χ2v) is 6.21. The van der Waals surface area contributed by atoms with Crippen LogP contribution < -0.4 is 4.90 Å². The Morgan fingerprint density at radius 3 is 1.91 bits per heavy atom. The maximum atomic E-state index is 12.5. The number of rotatable bonds is 3. The van der Waals surface area contributed by atoms with Gasteiger partial charge < -0.3 is 14.7 Å². The predicted octanol–water partition coefficient (Wildman–Crippen LogP) is 1.69. The molecule has 5 nitrogen and oxygen atoms in total. The molecular formula is C17H25N3O2. The molecule has 0 radical (unpaired) electrons. The van der Waals surface area contributed by atoms with Crippen molar-refractivity contribution in [2.75, 3.05) is 45.2 Å². The van der Waals surface area contributed by atoms with Crippen molar-refractivity contribution < 1.29 is 9.59 Å². The van der Waals surface area contributed by atoms with Crippen molar-refractivity contribution in [2.45, 2.75) is 13.8 Å². The Labute approximate surface area is 132 Å². The minimum atomic E-state index is 0.0147. The number of anilines is 1. The molecule has 0 saturated carbocycles. The third-order valence-corrected chi connectivity index (χ3v) is 4.00. The van der Waals surface area contributed by atoms with Crippen LogP contribution in [0, 0.1) is 5.92 Å². The van der Waals surface area contributed by atoms with E-state index in [0.29, 0.717) is 31.7 Å². The van der Waals surface area contributed by atoms with Crippen molar-refractivity contribution >= 4 is 17.5 Å². The monoisotopic (exact) mass is 303 g/mol. The SMILES string of the molecule is CC(C)C(=O)N1CCN(C(=O)c2ccc(N(C)C)cc2)CC1. The van der Waals surface area contributed by atoms with E-state index in [2.05, 4.69) is 0 Å². The average molecular weight is 303 g/mol. The highest BCUT2D eigenvalue weighted by atomic mass is 16.2. The lowest BCUT2D eigenvalue weighted by Gasteiger charge is -2.35. The molecule has 120 valence electrons.